The summed E-state index contributed by atoms with van der Waals surface area (Å²) in [5.74, 6) is 0. The molecule has 0 aliphatic heterocycles. The van der Waals surface area contributed by atoms with Gasteiger partial charge in [-0.05, 0) is 52.7 Å². The van der Waals surface area contributed by atoms with Crippen LogP contribution < -0.4 is 5.73 Å². The van der Waals surface area contributed by atoms with Crippen molar-refractivity contribution in [2.45, 2.75) is 49.3 Å². The third kappa shape index (κ3) is 3.03. The molecular formula is C14H20BrNOS. The van der Waals surface area contributed by atoms with Crippen LogP contribution in [0.15, 0.2) is 33.6 Å². The van der Waals surface area contributed by atoms with Crippen LogP contribution >= 0.6 is 15.9 Å². The van der Waals surface area contributed by atoms with Crippen molar-refractivity contribution in [3.63, 3.8) is 0 Å². The van der Waals surface area contributed by atoms with Gasteiger partial charge in [0.05, 0.1) is 20.9 Å². The first-order valence-electron chi connectivity index (χ1n) is 6.31. The summed E-state index contributed by atoms with van der Waals surface area (Å²) < 4.78 is 13.6. The summed E-state index contributed by atoms with van der Waals surface area (Å²) in [6.07, 6.45) is 3.02. The molecular weight excluding hydrogens is 310 g/mol. The summed E-state index contributed by atoms with van der Waals surface area (Å²) in [6, 6.07) is 7.78. The highest BCUT2D eigenvalue weighted by atomic mass is 79.9. The lowest BCUT2D eigenvalue weighted by atomic mass is 9.75. The predicted octanol–water partition coefficient (Wildman–Crippen LogP) is 3.46. The Hall–Kier alpha value is -0.190. The lowest BCUT2D eigenvalue weighted by Crippen LogP contribution is -2.45. The summed E-state index contributed by atoms with van der Waals surface area (Å²) in [5, 5.41) is 0.0625. The van der Waals surface area contributed by atoms with E-state index in [1.54, 1.807) is 0 Å². The molecule has 0 amide bonds. The number of halogens is 1. The van der Waals surface area contributed by atoms with E-state index < -0.39 is 10.8 Å². The molecule has 100 valence electrons. The lowest BCUT2D eigenvalue weighted by Gasteiger charge is -2.38. The fourth-order valence-electron chi connectivity index (χ4n) is 2.55. The number of benzene rings is 1. The number of rotatable bonds is 2. The van der Waals surface area contributed by atoms with Gasteiger partial charge in [-0.15, -0.1) is 0 Å². The van der Waals surface area contributed by atoms with E-state index in [-0.39, 0.29) is 16.7 Å². The Bertz CT molecular complexity index is 461. The Kier molecular flexibility index (Phi) is 4.29. The third-order valence-electron chi connectivity index (χ3n) is 3.71. The first-order valence-corrected chi connectivity index (χ1v) is 8.32. The standard InChI is InChI=1S/C14H20BrNOS/c1-14(2)8-7-11(16)13(9-14)18(17)12-6-4-3-5-10(12)15/h3-6,11,13H,7-9,16H2,1-2H3. The molecule has 0 radical (unpaired) electrons. The van der Waals surface area contributed by atoms with Crippen molar-refractivity contribution in [3.8, 4) is 0 Å². The van der Waals surface area contributed by atoms with Gasteiger partial charge >= 0.3 is 0 Å². The van der Waals surface area contributed by atoms with Gasteiger partial charge in [0.1, 0.15) is 0 Å². The SMILES string of the molecule is CC1(C)CCC(N)C(S(=O)c2ccccc2Br)C1. The third-order valence-corrected chi connectivity index (χ3v) is 6.52. The molecule has 0 spiro atoms. The molecule has 3 atom stereocenters. The largest absolute Gasteiger partial charge is 0.327 e. The molecule has 1 aliphatic rings. The van der Waals surface area contributed by atoms with Crippen molar-refractivity contribution in [2.75, 3.05) is 0 Å². The summed E-state index contributed by atoms with van der Waals surface area (Å²) in [5.41, 5.74) is 6.43. The van der Waals surface area contributed by atoms with E-state index >= 15 is 0 Å². The van der Waals surface area contributed by atoms with Crippen LogP contribution in [-0.2, 0) is 10.8 Å². The maximum atomic E-state index is 12.7. The van der Waals surface area contributed by atoms with Crippen molar-refractivity contribution in [1.29, 1.82) is 0 Å². The summed E-state index contributed by atoms with van der Waals surface area (Å²) in [4.78, 5) is 0.871. The van der Waals surface area contributed by atoms with E-state index in [1.165, 1.54) is 0 Å². The van der Waals surface area contributed by atoms with Crippen LogP contribution in [0.2, 0.25) is 0 Å². The Balaban J connectivity index is 2.25. The second-order valence-corrected chi connectivity index (χ2v) is 8.33. The minimum absolute atomic E-state index is 0.0472. The molecule has 2 N–H and O–H groups in total. The quantitative estimate of drug-likeness (QED) is 0.902. The Morgan fingerprint density at radius 1 is 1.39 bits per heavy atom. The molecule has 2 nitrogen and oxygen atoms in total. The zero-order valence-corrected chi connectivity index (χ0v) is 13.3. The highest BCUT2D eigenvalue weighted by molar-refractivity contribution is 9.10. The highest BCUT2D eigenvalue weighted by Crippen LogP contribution is 2.38. The molecule has 3 unspecified atom stereocenters. The molecule has 0 aromatic heterocycles. The first-order chi connectivity index (χ1) is 8.41. The first kappa shape index (κ1) is 14.2. The van der Waals surface area contributed by atoms with Gasteiger partial charge in [-0.1, -0.05) is 26.0 Å². The number of hydrogen-bond donors (Lipinski definition) is 1. The minimum Gasteiger partial charge on any atom is -0.327 e. The van der Waals surface area contributed by atoms with Gasteiger partial charge in [0.2, 0.25) is 0 Å². The zero-order valence-electron chi connectivity index (χ0n) is 10.9. The van der Waals surface area contributed by atoms with Gasteiger partial charge in [0.25, 0.3) is 0 Å². The Morgan fingerprint density at radius 3 is 2.72 bits per heavy atom. The molecule has 1 fully saturated rings. The van der Waals surface area contributed by atoms with Crippen molar-refractivity contribution >= 4 is 26.7 Å². The Morgan fingerprint density at radius 2 is 2.06 bits per heavy atom. The molecule has 1 aromatic rings. The van der Waals surface area contributed by atoms with Crippen LogP contribution in [0, 0.1) is 5.41 Å². The van der Waals surface area contributed by atoms with Gasteiger partial charge in [0.15, 0.2) is 0 Å². The van der Waals surface area contributed by atoms with Crippen LogP contribution in [0.1, 0.15) is 33.1 Å². The van der Waals surface area contributed by atoms with Crippen molar-refractivity contribution < 1.29 is 4.21 Å². The van der Waals surface area contributed by atoms with Gasteiger partial charge in [0, 0.05) is 10.5 Å². The minimum atomic E-state index is -1.03. The van der Waals surface area contributed by atoms with Crippen LogP contribution in [0.4, 0.5) is 0 Å². The molecule has 1 aliphatic carbocycles. The second kappa shape index (κ2) is 5.43. The summed E-state index contributed by atoms with van der Waals surface area (Å²) >= 11 is 3.48. The van der Waals surface area contributed by atoms with E-state index in [0.717, 1.165) is 28.6 Å². The molecule has 0 heterocycles. The molecule has 0 saturated heterocycles. The molecule has 18 heavy (non-hydrogen) atoms. The maximum Gasteiger partial charge on any atom is 0.0588 e. The maximum absolute atomic E-state index is 12.7. The van der Waals surface area contributed by atoms with Crippen molar-refractivity contribution in [3.05, 3.63) is 28.7 Å². The second-order valence-electron chi connectivity index (χ2n) is 5.84. The molecule has 0 bridgehead atoms. The molecule has 1 saturated carbocycles. The van der Waals surface area contributed by atoms with Crippen LogP contribution in [0.25, 0.3) is 0 Å². The summed E-state index contributed by atoms with van der Waals surface area (Å²) in [7, 11) is -1.03. The van der Waals surface area contributed by atoms with E-state index in [0.29, 0.717) is 0 Å². The van der Waals surface area contributed by atoms with Crippen molar-refractivity contribution in [2.24, 2.45) is 11.1 Å². The number of nitrogens with two attached hydrogens (primary N) is 1. The van der Waals surface area contributed by atoms with Gasteiger partial charge in [-0.25, -0.2) is 0 Å². The van der Waals surface area contributed by atoms with E-state index in [1.807, 2.05) is 24.3 Å². The average molecular weight is 330 g/mol. The van der Waals surface area contributed by atoms with Crippen LogP contribution in [-0.4, -0.2) is 15.5 Å². The zero-order chi connectivity index (χ0) is 13.3. The highest BCUT2D eigenvalue weighted by Gasteiger charge is 2.37. The number of hydrogen-bond acceptors (Lipinski definition) is 2. The van der Waals surface area contributed by atoms with E-state index in [9.17, 15) is 4.21 Å². The Labute approximate surface area is 120 Å². The van der Waals surface area contributed by atoms with Gasteiger partial charge in [-0.3, -0.25) is 4.21 Å². The molecule has 2 rings (SSSR count). The summed E-state index contributed by atoms with van der Waals surface area (Å²) in [6.45, 7) is 4.48. The molecule has 1 aromatic carbocycles. The topological polar surface area (TPSA) is 43.1 Å². The van der Waals surface area contributed by atoms with E-state index in [4.69, 9.17) is 5.73 Å². The van der Waals surface area contributed by atoms with E-state index in [2.05, 4.69) is 29.8 Å². The predicted molar refractivity (Wildman–Crippen MR) is 79.9 cm³/mol. The lowest BCUT2D eigenvalue weighted by molar-refractivity contribution is 0.230. The van der Waals surface area contributed by atoms with Gasteiger partial charge in [-0.2, -0.15) is 0 Å². The van der Waals surface area contributed by atoms with Crippen LogP contribution in [0.3, 0.4) is 0 Å². The fraction of sp³-hybridized carbons (Fsp3) is 0.571. The normalized spacial score (nSPS) is 28.9. The fourth-order valence-corrected chi connectivity index (χ4v) is 5.17. The van der Waals surface area contributed by atoms with Gasteiger partial charge < -0.3 is 5.73 Å². The van der Waals surface area contributed by atoms with Crippen molar-refractivity contribution in [1.82, 2.24) is 0 Å². The van der Waals surface area contributed by atoms with Crippen LogP contribution in [0.5, 0.6) is 0 Å². The average Bonchev–Trinajstić information content (AvgIpc) is 2.32. The molecule has 4 heteroatoms. The monoisotopic (exact) mass is 329 g/mol. The smallest absolute Gasteiger partial charge is 0.0588 e.